The van der Waals surface area contributed by atoms with E-state index in [1.807, 2.05) is 37.4 Å². The van der Waals surface area contributed by atoms with E-state index in [4.69, 9.17) is 4.74 Å². The van der Waals surface area contributed by atoms with Crippen LogP contribution in [0.3, 0.4) is 0 Å². The second-order valence-electron chi connectivity index (χ2n) is 5.80. The molecule has 0 heterocycles. The van der Waals surface area contributed by atoms with Gasteiger partial charge in [0.05, 0.1) is 13.7 Å². The highest BCUT2D eigenvalue weighted by Gasteiger charge is 2.05. The molecule has 0 radical (unpaired) electrons. The molecule has 0 aliphatic carbocycles. The minimum absolute atomic E-state index is 0. The Morgan fingerprint density at radius 1 is 1.15 bits per heavy atom. The predicted molar refractivity (Wildman–Crippen MR) is 116 cm³/mol. The third-order valence-electron chi connectivity index (χ3n) is 3.83. The van der Waals surface area contributed by atoms with E-state index in [0.717, 1.165) is 50.5 Å². The summed E-state index contributed by atoms with van der Waals surface area (Å²) in [7, 11) is 5.21. The Morgan fingerprint density at radius 3 is 2.50 bits per heavy atom. The van der Waals surface area contributed by atoms with Gasteiger partial charge in [0.25, 0.3) is 0 Å². The Kier molecular flexibility index (Phi) is 14.8. The van der Waals surface area contributed by atoms with Crippen molar-refractivity contribution in [1.82, 2.24) is 10.2 Å². The maximum atomic E-state index is 11.0. The first-order valence-electron chi connectivity index (χ1n) is 8.83. The van der Waals surface area contributed by atoms with E-state index in [9.17, 15) is 4.79 Å². The molecule has 0 aromatic heterocycles. The summed E-state index contributed by atoms with van der Waals surface area (Å²) in [6, 6.07) is 9.80. The van der Waals surface area contributed by atoms with Gasteiger partial charge in [-0.2, -0.15) is 0 Å². The molecule has 6 nitrogen and oxygen atoms in total. The highest BCUT2D eigenvalue weighted by molar-refractivity contribution is 14.0. The van der Waals surface area contributed by atoms with Crippen LogP contribution in [-0.2, 0) is 9.53 Å². The van der Waals surface area contributed by atoms with Crippen LogP contribution in [0.4, 0.5) is 0 Å². The van der Waals surface area contributed by atoms with Crippen LogP contribution < -0.4 is 10.1 Å². The van der Waals surface area contributed by atoms with Crippen molar-refractivity contribution >= 4 is 35.9 Å². The lowest BCUT2D eigenvalue weighted by Gasteiger charge is -2.22. The molecule has 1 rings (SSSR count). The molecule has 0 aliphatic heterocycles. The largest absolute Gasteiger partial charge is 0.492 e. The van der Waals surface area contributed by atoms with E-state index < -0.39 is 0 Å². The Labute approximate surface area is 174 Å². The standard InChI is InChI=1S/C19H31N3O3.HI/c1-20-19(21-14-10-5-4-9-13-18(23)24-3)22(2)15-16-25-17-11-7-6-8-12-17;/h6-8,11-12H,4-5,9-10,13-16H2,1-3H3,(H,20,21);1H. The number of carbonyl (C=O) groups excluding carboxylic acids is 1. The zero-order valence-corrected chi connectivity index (χ0v) is 18.4. The van der Waals surface area contributed by atoms with Crippen molar-refractivity contribution < 1.29 is 14.3 Å². The van der Waals surface area contributed by atoms with Crippen molar-refractivity contribution in [3.8, 4) is 5.75 Å². The summed E-state index contributed by atoms with van der Waals surface area (Å²) in [4.78, 5) is 17.4. The van der Waals surface area contributed by atoms with Gasteiger partial charge in [0.15, 0.2) is 5.96 Å². The fourth-order valence-corrected chi connectivity index (χ4v) is 2.36. The molecule has 0 saturated heterocycles. The van der Waals surface area contributed by atoms with Gasteiger partial charge in [-0.1, -0.05) is 31.0 Å². The SMILES string of the molecule is CN=C(NCCCCCCC(=O)OC)N(C)CCOc1ccccc1.I. The number of guanidine groups is 1. The van der Waals surface area contributed by atoms with Gasteiger partial charge in [0.2, 0.25) is 0 Å². The number of para-hydroxylation sites is 1. The second kappa shape index (κ2) is 15.7. The van der Waals surface area contributed by atoms with E-state index >= 15 is 0 Å². The number of unbranched alkanes of at least 4 members (excludes halogenated alkanes) is 3. The molecular formula is C19H32IN3O3. The number of ether oxygens (including phenoxy) is 2. The number of hydrogen-bond acceptors (Lipinski definition) is 4. The van der Waals surface area contributed by atoms with Crippen LogP contribution >= 0.6 is 24.0 Å². The smallest absolute Gasteiger partial charge is 0.305 e. The van der Waals surface area contributed by atoms with Crippen molar-refractivity contribution in [2.45, 2.75) is 32.1 Å². The number of halogens is 1. The average Bonchev–Trinajstić information content (AvgIpc) is 2.64. The summed E-state index contributed by atoms with van der Waals surface area (Å²) in [6.07, 6.45) is 4.57. The van der Waals surface area contributed by atoms with Crippen LogP contribution in [0.2, 0.25) is 0 Å². The number of carbonyl (C=O) groups is 1. The summed E-state index contributed by atoms with van der Waals surface area (Å²) in [5, 5.41) is 3.36. The van der Waals surface area contributed by atoms with Crippen LogP contribution in [0.5, 0.6) is 5.75 Å². The molecule has 0 atom stereocenters. The molecule has 1 N–H and O–H groups in total. The van der Waals surface area contributed by atoms with E-state index in [1.54, 1.807) is 7.05 Å². The minimum atomic E-state index is -0.127. The number of rotatable bonds is 11. The third-order valence-corrected chi connectivity index (χ3v) is 3.83. The monoisotopic (exact) mass is 477 g/mol. The van der Waals surface area contributed by atoms with Gasteiger partial charge in [-0.3, -0.25) is 9.79 Å². The molecule has 0 bridgehead atoms. The topological polar surface area (TPSA) is 63.2 Å². The fourth-order valence-electron chi connectivity index (χ4n) is 2.36. The van der Waals surface area contributed by atoms with E-state index in [-0.39, 0.29) is 29.9 Å². The number of esters is 1. The summed E-state index contributed by atoms with van der Waals surface area (Å²) in [5.74, 6) is 1.62. The molecule has 0 aliphatic rings. The highest BCUT2D eigenvalue weighted by atomic mass is 127. The van der Waals surface area contributed by atoms with Crippen molar-refractivity contribution in [3.63, 3.8) is 0 Å². The number of nitrogens with one attached hydrogen (secondary N) is 1. The Bertz CT molecular complexity index is 512. The van der Waals surface area contributed by atoms with Gasteiger partial charge >= 0.3 is 5.97 Å². The van der Waals surface area contributed by atoms with E-state index in [2.05, 4.69) is 19.9 Å². The van der Waals surface area contributed by atoms with Gasteiger partial charge < -0.3 is 19.7 Å². The molecule has 0 unspecified atom stereocenters. The lowest BCUT2D eigenvalue weighted by Crippen LogP contribution is -2.41. The van der Waals surface area contributed by atoms with Crippen molar-refractivity contribution in [2.75, 3.05) is 40.9 Å². The zero-order valence-electron chi connectivity index (χ0n) is 16.1. The Morgan fingerprint density at radius 2 is 1.85 bits per heavy atom. The molecule has 1 aromatic carbocycles. The summed E-state index contributed by atoms with van der Waals surface area (Å²) in [5.41, 5.74) is 0. The Balaban J connectivity index is 0.00000625. The molecule has 148 valence electrons. The van der Waals surface area contributed by atoms with Crippen molar-refractivity contribution in [1.29, 1.82) is 0 Å². The normalized spacial score (nSPS) is 10.7. The lowest BCUT2D eigenvalue weighted by molar-refractivity contribution is -0.140. The quantitative estimate of drug-likeness (QED) is 0.174. The van der Waals surface area contributed by atoms with Crippen LogP contribution in [0.15, 0.2) is 35.3 Å². The summed E-state index contributed by atoms with van der Waals surface area (Å²) >= 11 is 0. The van der Waals surface area contributed by atoms with Crippen LogP contribution in [0, 0.1) is 0 Å². The average molecular weight is 477 g/mol. The van der Waals surface area contributed by atoms with Crippen LogP contribution in [0.1, 0.15) is 32.1 Å². The van der Waals surface area contributed by atoms with Crippen LogP contribution in [0.25, 0.3) is 0 Å². The molecule has 0 amide bonds. The first-order valence-corrected chi connectivity index (χ1v) is 8.83. The lowest BCUT2D eigenvalue weighted by atomic mass is 10.1. The minimum Gasteiger partial charge on any atom is -0.492 e. The first kappa shape index (κ1) is 24.5. The van der Waals surface area contributed by atoms with Gasteiger partial charge in [-0.25, -0.2) is 0 Å². The number of hydrogen-bond donors (Lipinski definition) is 1. The number of benzene rings is 1. The van der Waals surface area contributed by atoms with Crippen molar-refractivity contribution in [3.05, 3.63) is 30.3 Å². The van der Waals surface area contributed by atoms with Crippen molar-refractivity contribution in [2.24, 2.45) is 4.99 Å². The molecule has 0 saturated carbocycles. The molecule has 7 heteroatoms. The maximum absolute atomic E-state index is 11.0. The molecule has 1 aromatic rings. The Hall–Kier alpha value is -1.51. The first-order chi connectivity index (χ1) is 12.2. The highest BCUT2D eigenvalue weighted by Crippen LogP contribution is 2.08. The van der Waals surface area contributed by atoms with Gasteiger partial charge in [-0.15, -0.1) is 24.0 Å². The molecule has 0 fully saturated rings. The van der Waals surface area contributed by atoms with Gasteiger partial charge in [0, 0.05) is 27.1 Å². The number of aliphatic imine (C=N–C) groups is 1. The molecule has 0 spiro atoms. The van der Waals surface area contributed by atoms with Gasteiger partial charge in [-0.05, 0) is 25.0 Å². The van der Waals surface area contributed by atoms with Crippen LogP contribution in [-0.4, -0.2) is 57.7 Å². The number of likely N-dealkylation sites (N-methyl/N-ethyl adjacent to an activating group) is 1. The second-order valence-corrected chi connectivity index (χ2v) is 5.80. The van der Waals surface area contributed by atoms with Gasteiger partial charge in [0.1, 0.15) is 12.4 Å². The number of methoxy groups -OCH3 is 1. The van der Waals surface area contributed by atoms with E-state index in [0.29, 0.717) is 13.0 Å². The molecule has 26 heavy (non-hydrogen) atoms. The number of nitrogens with zero attached hydrogens (tertiary/aromatic N) is 2. The third kappa shape index (κ3) is 11.2. The maximum Gasteiger partial charge on any atom is 0.305 e. The fraction of sp³-hybridized carbons (Fsp3) is 0.579. The molecular weight excluding hydrogens is 445 g/mol. The predicted octanol–water partition coefficient (Wildman–Crippen LogP) is 3.31. The zero-order chi connectivity index (χ0) is 18.3. The van der Waals surface area contributed by atoms with E-state index in [1.165, 1.54) is 7.11 Å². The summed E-state index contributed by atoms with van der Waals surface area (Å²) < 4.78 is 10.3. The summed E-state index contributed by atoms with van der Waals surface area (Å²) in [6.45, 7) is 2.23.